The third-order valence-corrected chi connectivity index (χ3v) is 3.43. The van der Waals surface area contributed by atoms with Gasteiger partial charge in [-0.05, 0) is 54.9 Å². The Bertz CT molecular complexity index is 736. The molecule has 0 fully saturated rings. The van der Waals surface area contributed by atoms with Gasteiger partial charge in [-0.3, -0.25) is 0 Å². The van der Waals surface area contributed by atoms with E-state index < -0.39 is 0 Å². The summed E-state index contributed by atoms with van der Waals surface area (Å²) >= 11 is 6.04. The molecule has 3 rings (SSSR count). The van der Waals surface area contributed by atoms with Gasteiger partial charge in [0.05, 0.1) is 0 Å². The van der Waals surface area contributed by atoms with E-state index in [1.807, 2.05) is 48.7 Å². The van der Waals surface area contributed by atoms with Crippen LogP contribution in [0.1, 0.15) is 5.56 Å². The molecule has 3 aromatic rings. The highest BCUT2D eigenvalue weighted by molar-refractivity contribution is 6.30. The first-order chi connectivity index (χ1) is 9.76. The fraction of sp³-hybridized carbons (Fsp3) is 0.125. The lowest BCUT2D eigenvalue weighted by molar-refractivity contribution is 0.477. The van der Waals surface area contributed by atoms with Crippen molar-refractivity contribution in [1.82, 2.24) is 4.98 Å². The number of hydrogen-bond donors (Lipinski definition) is 2. The summed E-state index contributed by atoms with van der Waals surface area (Å²) in [6.45, 7) is 0.578. The van der Waals surface area contributed by atoms with Crippen LogP contribution in [0.4, 0.5) is 0 Å². The third-order valence-electron chi connectivity index (χ3n) is 3.20. The number of ether oxygens (including phenoxy) is 1. The van der Waals surface area contributed by atoms with E-state index in [-0.39, 0.29) is 0 Å². The molecule has 0 amide bonds. The molecule has 0 atom stereocenters. The SMILES string of the molecule is NCCc1ccc(Cl)cc1Oc1ccc2[nH]ccc2c1. The van der Waals surface area contributed by atoms with E-state index in [1.54, 1.807) is 0 Å². The number of aromatic nitrogens is 1. The first-order valence-electron chi connectivity index (χ1n) is 6.50. The van der Waals surface area contributed by atoms with Crippen LogP contribution in [0.2, 0.25) is 5.02 Å². The summed E-state index contributed by atoms with van der Waals surface area (Å²) in [5.41, 5.74) is 7.78. The molecule has 0 saturated carbocycles. The van der Waals surface area contributed by atoms with Crippen LogP contribution in [0, 0.1) is 0 Å². The van der Waals surface area contributed by atoms with Gasteiger partial charge in [-0.1, -0.05) is 17.7 Å². The van der Waals surface area contributed by atoms with Gasteiger partial charge in [-0.25, -0.2) is 0 Å². The van der Waals surface area contributed by atoms with Crippen molar-refractivity contribution in [2.75, 3.05) is 6.54 Å². The van der Waals surface area contributed by atoms with Crippen LogP contribution in [0.15, 0.2) is 48.7 Å². The quantitative estimate of drug-likeness (QED) is 0.758. The molecule has 0 aliphatic heterocycles. The van der Waals surface area contributed by atoms with E-state index in [1.165, 1.54) is 0 Å². The van der Waals surface area contributed by atoms with Crippen LogP contribution in [-0.4, -0.2) is 11.5 Å². The average molecular weight is 287 g/mol. The van der Waals surface area contributed by atoms with Gasteiger partial charge in [-0.2, -0.15) is 0 Å². The zero-order valence-corrected chi connectivity index (χ0v) is 11.7. The van der Waals surface area contributed by atoms with Crippen molar-refractivity contribution in [2.24, 2.45) is 5.73 Å². The monoisotopic (exact) mass is 286 g/mol. The Kier molecular flexibility index (Phi) is 3.63. The van der Waals surface area contributed by atoms with Crippen molar-refractivity contribution < 1.29 is 4.74 Å². The minimum atomic E-state index is 0.578. The Balaban J connectivity index is 1.94. The molecule has 3 N–H and O–H groups in total. The van der Waals surface area contributed by atoms with Crippen LogP contribution in [-0.2, 0) is 6.42 Å². The second kappa shape index (κ2) is 5.57. The molecular formula is C16H15ClN2O. The van der Waals surface area contributed by atoms with Gasteiger partial charge in [0.1, 0.15) is 11.5 Å². The van der Waals surface area contributed by atoms with Crippen molar-refractivity contribution in [2.45, 2.75) is 6.42 Å². The van der Waals surface area contributed by atoms with Gasteiger partial charge in [0.2, 0.25) is 0 Å². The number of halogens is 1. The van der Waals surface area contributed by atoms with Crippen molar-refractivity contribution in [3.05, 3.63) is 59.2 Å². The zero-order chi connectivity index (χ0) is 13.9. The fourth-order valence-corrected chi connectivity index (χ4v) is 2.37. The van der Waals surface area contributed by atoms with Crippen molar-refractivity contribution >= 4 is 22.5 Å². The minimum Gasteiger partial charge on any atom is -0.457 e. The highest BCUT2D eigenvalue weighted by Crippen LogP contribution is 2.30. The van der Waals surface area contributed by atoms with Gasteiger partial charge >= 0.3 is 0 Å². The topological polar surface area (TPSA) is 51.0 Å². The zero-order valence-electron chi connectivity index (χ0n) is 10.9. The number of nitrogens with one attached hydrogen (secondary N) is 1. The van der Waals surface area contributed by atoms with Gasteiger partial charge in [0.15, 0.2) is 0 Å². The second-order valence-corrected chi connectivity index (χ2v) is 5.06. The minimum absolute atomic E-state index is 0.578. The first-order valence-corrected chi connectivity index (χ1v) is 6.87. The molecule has 0 unspecified atom stereocenters. The molecule has 0 saturated heterocycles. The van der Waals surface area contributed by atoms with E-state index in [0.717, 1.165) is 34.4 Å². The van der Waals surface area contributed by atoms with Crippen LogP contribution in [0.3, 0.4) is 0 Å². The van der Waals surface area contributed by atoms with Gasteiger partial charge in [0.25, 0.3) is 0 Å². The van der Waals surface area contributed by atoms with Gasteiger partial charge < -0.3 is 15.5 Å². The molecule has 3 nitrogen and oxygen atoms in total. The van der Waals surface area contributed by atoms with Crippen molar-refractivity contribution in [3.63, 3.8) is 0 Å². The van der Waals surface area contributed by atoms with E-state index in [2.05, 4.69) is 4.98 Å². The van der Waals surface area contributed by atoms with Crippen molar-refractivity contribution in [3.8, 4) is 11.5 Å². The number of benzene rings is 2. The number of H-pyrrole nitrogens is 1. The summed E-state index contributed by atoms with van der Waals surface area (Å²) in [6.07, 6.45) is 2.67. The largest absolute Gasteiger partial charge is 0.457 e. The number of nitrogens with two attached hydrogens (primary N) is 1. The molecule has 0 aliphatic rings. The fourth-order valence-electron chi connectivity index (χ4n) is 2.21. The lowest BCUT2D eigenvalue weighted by atomic mass is 10.1. The van der Waals surface area contributed by atoms with Gasteiger partial charge in [-0.15, -0.1) is 0 Å². The molecule has 0 spiro atoms. The standard InChI is InChI=1S/C16H15ClN2O/c17-13-2-1-11(5-7-18)16(10-13)20-14-3-4-15-12(9-14)6-8-19-15/h1-4,6,8-10,19H,5,7,18H2. The molecule has 102 valence electrons. The molecule has 20 heavy (non-hydrogen) atoms. The Hall–Kier alpha value is -1.97. The Labute approximate surface area is 122 Å². The average Bonchev–Trinajstić information content (AvgIpc) is 2.89. The number of rotatable bonds is 4. The molecule has 1 aromatic heterocycles. The smallest absolute Gasteiger partial charge is 0.132 e. The lowest BCUT2D eigenvalue weighted by Gasteiger charge is -2.11. The normalized spacial score (nSPS) is 10.9. The van der Waals surface area contributed by atoms with E-state index >= 15 is 0 Å². The third kappa shape index (κ3) is 2.64. The predicted molar refractivity (Wildman–Crippen MR) is 82.6 cm³/mol. The van der Waals surface area contributed by atoms with Crippen molar-refractivity contribution in [1.29, 1.82) is 0 Å². The van der Waals surface area contributed by atoms with E-state index in [9.17, 15) is 0 Å². The molecular weight excluding hydrogens is 272 g/mol. The number of aromatic amines is 1. The first kappa shape index (κ1) is 13.0. The maximum absolute atomic E-state index is 6.04. The summed E-state index contributed by atoms with van der Waals surface area (Å²) in [5.74, 6) is 1.55. The highest BCUT2D eigenvalue weighted by Gasteiger charge is 2.06. The maximum Gasteiger partial charge on any atom is 0.132 e. The lowest BCUT2D eigenvalue weighted by Crippen LogP contribution is -2.04. The van der Waals surface area contributed by atoms with Crippen LogP contribution in [0.25, 0.3) is 10.9 Å². The van der Waals surface area contributed by atoms with Crippen LogP contribution >= 0.6 is 11.6 Å². The molecule has 1 heterocycles. The van der Waals surface area contributed by atoms with Crippen LogP contribution < -0.4 is 10.5 Å². The van der Waals surface area contributed by atoms with E-state index in [0.29, 0.717) is 11.6 Å². The molecule has 2 aromatic carbocycles. The summed E-state index contributed by atoms with van der Waals surface area (Å²) in [6, 6.07) is 13.6. The molecule has 0 radical (unpaired) electrons. The Morgan fingerprint density at radius 2 is 2.00 bits per heavy atom. The summed E-state index contributed by atoms with van der Waals surface area (Å²) in [5, 5.41) is 1.77. The number of hydrogen-bond acceptors (Lipinski definition) is 2. The second-order valence-electron chi connectivity index (χ2n) is 4.62. The highest BCUT2D eigenvalue weighted by atomic mass is 35.5. The van der Waals surface area contributed by atoms with E-state index in [4.69, 9.17) is 22.1 Å². The molecule has 0 aliphatic carbocycles. The summed E-state index contributed by atoms with van der Waals surface area (Å²) in [4.78, 5) is 3.16. The van der Waals surface area contributed by atoms with Crippen LogP contribution in [0.5, 0.6) is 11.5 Å². The predicted octanol–water partition coefficient (Wildman–Crippen LogP) is 4.11. The summed E-state index contributed by atoms with van der Waals surface area (Å²) in [7, 11) is 0. The molecule has 0 bridgehead atoms. The Morgan fingerprint density at radius 1 is 1.10 bits per heavy atom. The summed E-state index contributed by atoms with van der Waals surface area (Å²) < 4.78 is 5.97. The molecule has 4 heteroatoms. The maximum atomic E-state index is 6.04. The van der Waals surface area contributed by atoms with Gasteiger partial charge in [0, 0.05) is 22.1 Å². The number of fused-ring (bicyclic) bond motifs is 1. The Morgan fingerprint density at radius 3 is 2.85 bits per heavy atom.